The van der Waals surface area contributed by atoms with Crippen molar-refractivity contribution in [3.8, 4) is 0 Å². The van der Waals surface area contributed by atoms with E-state index in [4.69, 9.17) is 0 Å². The second-order valence-corrected chi connectivity index (χ2v) is 5.83. The molecule has 0 amide bonds. The summed E-state index contributed by atoms with van der Waals surface area (Å²) in [4.78, 5) is 0. The van der Waals surface area contributed by atoms with Gasteiger partial charge in [-0.15, -0.1) is 0 Å². The largest absolute Gasteiger partial charge is 0.389 e. The molecule has 1 unspecified atom stereocenters. The molecule has 0 aromatic carbocycles. The van der Waals surface area contributed by atoms with Gasteiger partial charge in [0.15, 0.2) is 0 Å². The fraction of sp³-hybridized carbons (Fsp3) is 1.00. The van der Waals surface area contributed by atoms with Gasteiger partial charge < -0.3 is 10.4 Å². The summed E-state index contributed by atoms with van der Waals surface area (Å²) in [5.41, 5.74) is -0.424. The fourth-order valence-electron chi connectivity index (χ4n) is 2.45. The number of hydrogen-bond acceptors (Lipinski definition) is 2. The molecule has 1 atom stereocenters. The quantitative estimate of drug-likeness (QED) is 0.731. The van der Waals surface area contributed by atoms with Gasteiger partial charge in [-0.1, -0.05) is 26.7 Å². The maximum absolute atomic E-state index is 10.4. The van der Waals surface area contributed by atoms with E-state index < -0.39 is 5.60 Å². The molecule has 0 aliphatic heterocycles. The van der Waals surface area contributed by atoms with Gasteiger partial charge in [-0.05, 0) is 44.9 Å². The summed E-state index contributed by atoms with van der Waals surface area (Å²) in [6, 6.07) is 0.545. The van der Waals surface area contributed by atoms with E-state index >= 15 is 0 Å². The van der Waals surface area contributed by atoms with Crippen LogP contribution in [0, 0.1) is 5.92 Å². The molecule has 2 N–H and O–H groups in total. The zero-order valence-corrected chi connectivity index (χ0v) is 11.3. The van der Waals surface area contributed by atoms with E-state index in [2.05, 4.69) is 26.1 Å². The molecule has 0 saturated heterocycles. The van der Waals surface area contributed by atoms with Gasteiger partial charge in [0.1, 0.15) is 0 Å². The molecule has 1 fully saturated rings. The van der Waals surface area contributed by atoms with Gasteiger partial charge in [-0.25, -0.2) is 0 Å². The molecular weight excluding hydrogens is 198 g/mol. The molecule has 96 valence electrons. The van der Waals surface area contributed by atoms with Crippen molar-refractivity contribution in [1.29, 1.82) is 0 Å². The van der Waals surface area contributed by atoms with Crippen LogP contribution in [0.15, 0.2) is 0 Å². The number of hydrogen-bond donors (Lipinski definition) is 2. The third-order valence-corrected chi connectivity index (χ3v) is 3.98. The van der Waals surface area contributed by atoms with Crippen LogP contribution in [-0.2, 0) is 0 Å². The van der Waals surface area contributed by atoms with Crippen LogP contribution in [0.5, 0.6) is 0 Å². The van der Waals surface area contributed by atoms with E-state index in [0.29, 0.717) is 6.04 Å². The second-order valence-electron chi connectivity index (χ2n) is 5.83. The maximum Gasteiger partial charge on any atom is 0.0771 e. The summed E-state index contributed by atoms with van der Waals surface area (Å²) in [6.07, 6.45) is 8.08. The number of nitrogens with one attached hydrogen (secondary N) is 1. The number of rotatable bonds is 6. The van der Waals surface area contributed by atoms with Crippen LogP contribution >= 0.6 is 0 Å². The molecule has 0 heterocycles. The highest BCUT2D eigenvalue weighted by molar-refractivity contribution is 4.87. The molecule has 1 rings (SSSR count). The lowest BCUT2D eigenvalue weighted by atomic mass is 9.79. The van der Waals surface area contributed by atoms with Crippen LogP contribution < -0.4 is 5.32 Å². The molecule has 0 aromatic heterocycles. The van der Waals surface area contributed by atoms with Crippen molar-refractivity contribution in [3.05, 3.63) is 0 Å². The Balaban J connectivity index is 2.20. The first-order valence-corrected chi connectivity index (χ1v) is 7.01. The SMILES string of the molecule is CCCCC(C)NCC1(O)CCC(C)CC1. The molecule has 1 aliphatic carbocycles. The van der Waals surface area contributed by atoms with Crippen LogP contribution in [0.1, 0.15) is 65.7 Å². The second kappa shape index (κ2) is 6.61. The van der Waals surface area contributed by atoms with Gasteiger partial charge in [0, 0.05) is 12.6 Å². The highest BCUT2D eigenvalue weighted by Gasteiger charge is 2.31. The molecule has 1 saturated carbocycles. The minimum Gasteiger partial charge on any atom is -0.389 e. The Labute approximate surface area is 101 Å². The van der Waals surface area contributed by atoms with Crippen molar-refractivity contribution < 1.29 is 5.11 Å². The van der Waals surface area contributed by atoms with Crippen molar-refractivity contribution in [2.24, 2.45) is 5.92 Å². The molecule has 0 spiro atoms. The fourth-order valence-corrected chi connectivity index (χ4v) is 2.45. The Morgan fingerprint density at radius 2 is 2.00 bits per heavy atom. The van der Waals surface area contributed by atoms with Gasteiger partial charge >= 0.3 is 0 Å². The minimum atomic E-state index is -0.424. The third kappa shape index (κ3) is 4.84. The zero-order chi connectivity index (χ0) is 12.0. The first-order valence-electron chi connectivity index (χ1n) is 7.01. The highest BCUT2D eigenvalue weighted by Crippen LogP contribution is 2.31. The van der Waals surface area contributed by atoms with Crippen LogP contribution in [0.3, 0.4) is 0 Å². The van der Waals surface area contributed by atoms with Crippen molar-refractivity contribution in [2.45, 2.75) is 77.4 Å². The van der Waals surface area contributed by atoms with Gasteiger partial charge in [0.2, 0.25) is 0 Å². The van der Waals surface area contributed by atoms with Crippen molar-refractivity contribution in [1.82, 2.24) is 5.32 Å². The molecule has 0 aromatic rings. The first kappa shape index (κ1) is 14.0. The van der Waals surface area contributed by atoms with E-state index in [1.54, 1.807) is 0 Å². The Morgan fingerprint density at radius 1 is 1.38 bits per heavy atom. The van der Waals surface area contributed by atoms with Crippen molar-refractivity contribution in [2.75, 3.05) is 6.54 Å². The Morgan fingerprint density at radius 3 is 2.56 bits per heavy atom. The Bertz CT molecular complexity index is 185. The normalized spacial score (nSPS) is 32.6. The summed E-state index contributed by atoms with van der Waals surface area (Å²) in [6.45, 7) is 7.52. The highest BCUT2D eigenvalue weighted by atomic mass is 16.3. The Kier molecular flexibility index (Phi) is 5.77. The van der Waals surface area contributed by atoms with Crippen molar-refractivity contribution >= 4 is 0 Å². The molecule has 2 nitrogen and oxygen atoms in total. The van der Waals surface area contributed by atoms with Gasteiger partial charge in [0.25, 0.3) is 0 Å². The molecule has 0 bridgehead atoms. The van der Waals surface area contributed by atoms with E-state index in [0.717, 1.165) is 25.3 Å². The van der Waals surface area contributed by atoms with E-state index in [9.17, 15) is 5.11 Å². The predicted molar refractivity (Wildman–Crippen MR) is 69.6 cm³/mol. The summed E-state index contributed by atoms with van der Waals surface area (Å²) in [5, 5.41) is 13.9. The molecule has 2 heteroatoms. The summed E-state index contributed by atoms with van der Waals surface area (Å²) >= 11 is 0. The average molecular weight is 227 g/mol. The van der Waals surface area contributed by atoms with Crippen LogP contribution in [0.2, 0.25) is 0 Å². The topological polar surface area (TPSA) is 32.3 Å². The van der Waals surface area contributed by atoms with Crippen LogP contribution in [0.25, 0.3) is 0 Å². The molecule has 1 aliphatic rings. The van der Waals surface area contributed by atoms with Gasteiger partial charge in [0.05, 0.1) is 5.60 Å². The minimum absolute atomic E-state index is 0.424. The van der Waals surface area contributed by atoms with Crippen LogP contribution in [0.4, 0.5) is 0 Å². The predicted octanol–water partition coefficient (Wildman–Crippen LogP) is 3.10. The van der Waals surface area contributed by atoms with Crippen LogP contribution in [-0.4, -0.2) is 23.3 Å². The zero-order valence-electron chi connectivity index (χ0n) is 11.3. The molecular formula is C14H29NO. The lowest BCUT2D eigenvalue weighted by molar-refractivity contribution is -0.00798. The molecule has 16 heavy (non-hydrogen) atoms. The maximum atomic E-state index is 10.4. The number of aliphatic hydroxyl groups is 1. The monoisotopic (exact) mass is 227 g/mol. The Hall–Kier alpha value is -0.0800. The van der Waals surface area contributed by atoms with E-state index in [-0.39, 0.29) is 0 Å². The first-order chi connectivity index (χ1) is 7.56. The van der Waals surface area contributed by atoms with E-state index in [1.165, 1.54) is 32.1 Å². The smallest absolute Gasteiger partial charge is 0.0771 e. The lowest BCUT2D eigenvalue weighted by Crippen LogP contribution is -2.45. The lowest BCUT2D eigenvalue weighted by Gasteiger charge is -2.36. The summed E-state index contributed by atoms with van der Waals surface area (Å²) < 4.78 is 0. The summed E-state index contributed by atoms with van der Waals surface area (Å²) in [5.74, 6) is 0.804. The molecule has 0 radical (unpaired) electrons. The summed E-state index contributed by atoms with van der Waals surface area (Å²) in [7, 11) is 0. The van der Waals surface area contributed by atoms with E-state index in [1.807, 2.05) is 0 Å². The van der Waals surface area contributed by atoms with Crippen molar-refractivity contribution in [3.63, 3.8) is 0 Å². The third-order valence-electron chi connectivity index (χ3n) is 3.98. The van der Waals surface area contributed by atoms with Gasteiger partial charge in [-0.3, -0.25) is 0 Å². The van der Waals surface area contributed by atoms with Gasteiger partial charge in [-0.2, -0.15) is 0 Å². The standard InChI is InChI=1S/C14H29NO/c1-4-5-6-13(3)15-11-14(16)9-7-12(2)8-10-14/h12-13,15-16H,4-11H2,1-3H3. The number of unbranched alkanes of at least 4 members (excludes halogenated alkanes) is 1. The average Bonchev–Trinajstić information content (AvgIpc) is 2.28.